The van der Waals surface area contributed by atoms with Gasteiger partial charge in [0.1, 0.15) is 5.75 Å². The van der Waals surface area contributed by atoms with Gasteiger partial charge >= 0.3 is 0 Å². The molecule has 0 spiro atoms. The highest BCUT2D eigenvalue weighted by atomic mass is 35.5. The van der Waals surface area contributed by atoms with Crippen molar-refractivity contribution in [2.24, 2.45) is 0 Å². The van der Waals surface area contributed by atoms with Crippen molar-refractivity contribution in [1.29, 1.82) is 0 Å². The number of benzene rings is 2. The standard InChI is InChI=1S/C18H22ClNO/c1-12-5-6-14(9-13(12)2)17(20-3)11-15-10-16(19)7-8-18(15)21-4/h5-10,17,20H,11H2,1-4H3. The highest BCUT2D eigenvalue weighted by Crippen LogP contribution is 2.28. The third-order valence-corrected chi connectivity index (χ3v) is 4.18. The Morgan fingerprint density at radius 2 is 1.86 bits per heavy atom. The Morgan fingerprint density at radius 3 is 2.48 bits per heavy atom. The van der Waals surface area contributed by atoms with Crippen LogP contribution in [0.1, 0.15) is 28.3 Å². The molecule has 2 rings (SSSR count). The summed E-state index contributed by atoms with van der Waals surface area (Å²) in [5, 5.41) is 4.12. The van der Waals surface area contributed by atoms with Gasteiger partial charge < -0.3 is 10.1 Å². The first-order chi connectivity index (χ1) is 10.0. The molecule has 0 heterocycles. The first-order valence-corrected chi connectivity index (χ1v) is 7.49. The van der Waals surface area contributed by atoms with E-state index in [4.69, 9.17) is 16.3 Å². The number of rotatable bonds is 5. The van der Waals surface area contributed by atoms with Crippen LogP contribution < -0.4 is 10.1 Å². The van der Waals surface area contributed by atoms with E-state index in [1.54, 1.807) is 7.11 Å². The van der Waals surface area contributed by atoms with E-state index >= 15 is 0 Å². The second-order valence-corrected chi connectivity index (χ2v) is 5.78. The molecule has 0 aromatic heterocycles. The van der Waals surface area contributed by atoms with E-state index < -0.39 is 0 Å². The van der Waals surface area contributed by atoms with Crippen molar-refractivity contribution < 1.29 is 4.74 Å². The number of nitrogens with one attached hydrogen (secondary N) is 1. The molecule has 1 N–H and O–H groups in total. The van der Waals surface area contributed by atoms with Crippen LogP contribution in [-0.2, 0) is 6.42 Å². The summed E-state index contributed by atoms with van der Waals surface area (Å²) >= 11 is 6.12. The van der Waals surface area contributed by atoms with E-state index in [2.05, 4.69) is 37.4 Å². The first-order valence-electron chi connectivity index (χ1n) is 7.12. The van der Waals surface area contributed by atoms with Gasteiger partial charge in [-0.15, -0.1) is 0 Å². The fourth-order valence-corrected chi connectivity index (χ4v) is 2.69. The lowest BCUT2D eigenvalue weighted by Crippen LogP contribution is -2.19. The van der Waals surface area contributed by atoms with Crippen LogP contribution in [0.4, 0.5) is 0 Å². The molecule has 0 amide bonds. The van der Waals surface area contributed by atoms with E-state index in [1.165, 1.54) is 16.7 Å². The molecule has 2 aromatic carbocycles. The minimum absolute atomic E-state index is 0.233. The average Bonchev–Trinajstić information content (AvgIpc) is 2.48. The lowest BCUT2D eigenvalue weighted by atomic mass is 9.95. The maximum absolute atomic E-state index is 6.12. The molecule has 1 unspecified atom stereocenters. The smallest absolute Gasteiger partial charge is 0.122 e. The van der Waals surface area contributed by atoms with Crippen LogP contribution in [0.2, 0.25) is 5.02 Å². The van der Waals surface area contributed by atoms with Crippen LogP contribution in [0.5, 0.6) is 5.75 Å². The van der Waals surface area contributed by atoms with E-state index in [1.807, 2.05) is 25.2 Å². The van der Waals surface area contributed by atoms with Gasteiger partial charge in [0.25, 0.3) is 0 Å². The van der Waals surface area contributed by atoms with E-state index in [9.17, 15) is 0 Å². The van der Waals surface area contributed by atoms with Gasteiger partial charge in [-0.1, -0.05) is 29.8 Å². The SMILES string of the molecule is CNC(Cc1cc(Cl)ccc1OC)c1ccc(C)c(C)c1. The summed E-state index contributed by atoms with van der Waals surface area (Å²) in [4.78, 5) is 0. The first kappa shape index (κ1) is 15.9. The number of halogens is 1. The summed E-state index contributed by atoms with van der Waals surface area (Å²) in [5.41, 5.74) is 5.02. The lowest BCUT2D eigenvalue weighted by molar-refractivity contribution is 0.406. The normalized spacial score (nSPS) is 12.2. The Hall–Kier alpha value is -1.51. The van der Waals surface area contributed by atoms with Crippen LogP contribution in [0.25, 0.3) is 0 Å². The maximum Gasteiger partial charge on any atom is 0.122 e. The maximum atomic E-state index is 6.12. The molecule has 0 saturated heterocycles. The molecule has 2 nitrogen and oxygen atoms in total. The van der Waals surface area contributed by atoms with Gasteiger partial charge in [-0.2, -0.15) is 0 Å². The predicted molar refractivity (Wildman–Crippen MR) is 89.4 cm³/mol. The fraction of sp³-hybridized carbons (Fsp3) is 0.333. The Bertz CT molecular complexity index is 625. The number of likely N-dealkylation sites (N-methyl/N-ethyl adjacent to an activating group) is 1. The number of methoxy groups -OCH3 is 1. The fourth-order valence-electron chi connectivity index (χ4n) is 2.49. The zero-order valence-electron chi connectivity index (χ0n) is 13.0. The molecule has 0 fully saturated rings. The number of hydrogen-bond donors (Lipinski definition) is 1. The largest absolute Gasteiger partial charge is 0.496 e. The topological polar surface area (TPSA) is 21.3 Å². The van der Waals surface area contributed by atoms with E-state index in [-0.39, 0.29) is 6.04 Å². The molecule has 0 aliphatic rings. The molecular formula is C18H22ClNO. The summed E-state index contributed by atoms with van der Waals surface area (Å²) in [5.74, 6) is 0.878. The van der Waals surface area contributed by atoms with Crippen molar-refractivity contribution in [3.05, 3.63) is 63.7 Å². The number of ether oxygens (including phenoxy) is 1. The molecule has 2 aromatic rings. The van der Waals surface area contributed by atoms with Gasteiger partial charge in [-0.3, -0.25) is 0 Å². The molecule has 3 heteroatoms. The molecule has 1 atom stereocenters. The third kappa shape index (κ3) is 3.78. The van der Waals surface area contributed by atoms with E-state index in [0.29, 0.717) is 0 Å². The minimum atomic E-state index is 0.233. The Kier molecular flexibility index (Phi) is 5.27. The second kappa shape index (κ2) is 6.97. The zero-order valence-corrected chi connectivity index (χ0v) is 13.8. The Labute approximate surface area is 132 Å². The van der Waals surface area contributed by atoms with Gasteiger partial charge in [-0.05, 0) is 67.8 Å². The number of hydrogen-bond acceptors (Lipinski definition) is 2. The number of aryl methyl sites for hydroxylation is 2. The summed E-state index contributed by atoms with van der Waals surface area (Å²) in [6.07, 6.45) is 0.836. The highest BCUT2D eigenvalue weighted by Gasteiger charge is 2.14. The molecule has 0 aliphatic heterocycles. The molecule has 21 heavy (non-hydrogen) atoms. The second-order valence-electron chi connectivity index (χ2n) is 5.35. The minimum Gasteiger partial charge on any atom is -0.496 e. The third-order valence-electron chi connectivity index (χ3n) is 3.95. The van der Waals surface area contributed by atoms with Gasteiger partial charge in [0.05, 0.1) is 7.11 Å². The van der Waals surface area contributed by atoms with Gasteiger partial charge in [0, 0.05) is 11.1 Å². The quantitative estimate of drug-likeness (QED) is 0.880. The van der Waals surface area contributed by atoms with Crippen LogP contribution in [0, 0.1) is 13.8 Å². The Morgan fingerprint density at radius 1 is 1.10 bits per heavy atom. The van der Waals surface area contributed by atoms with Crippen LogP contribution in [0.3, 0.4) is 0 Å². The Balaban J connectivity index is 2.30. The molecule has 0 radical (unpaired) electrons. The van der Waals surface area contributed by atoms with Crippen molar-refractivity contribution in [1.82, 2.24) is 5.32 Å². The van der Waals surface area contributed by atoms with Gasteiger partial charge in [0.2, 0.25) is 0 Å². The van der Waals surface area contributed by atoms with Crippen LogP contribution in [-0.4, -0.2) is 14.2 Å². The van der Waals surface area contributed by atoms with Crippen LogP contribution in [0.15, 0.2) is 36.4 Å². The molecule has 0 saturated carbocycles. The summed E-state index contributed by atoms with van der Waals surface area (Å²) in [6, 6.07) is 12.6. The molecule has 112 valence electrons. The van der Waals surface area contributed by atoms with Gasteiger partial charge in [-0.25, -0.2) is 0 Å². The molecule has 0 aliphatic carbocycles. The highest BCUT2D eigenvalue weighted by molar-refractivity contribution is 6.30. The predicted octanol–water partition coefficient (Wildman–Crippen LogP) is 4.47. The monoisotopic (exact) mass is 303 g/mol. The zero-order chi connectivity index (χ0) is 15.4. The summed E-state index contributed by atoms with van der Waals surface area (Å²) in [6.45, 7) is 4.28. The summed E-state index contributed by atoms with van der Waals surface area (Å²) in [7, 11) is 3.67. The average molecular weight is 304 g/mol. The van der Waals surface area contributed by atoms with Crippen molar-refractivity contribution in [3.63, 3.8) is 0 Å². The molecule has 0 bridgehead atoms. The van der Waals surface area contributed by atoms with Crippen molar-refractivity contribution in [2.75, 3.05) is 14.2 Å². The van der Waals surface area contributed by atoms with Crippen molar-refractivity contribution in [2.45, 2.75) is 26.3 Å². The van der Waals surface area contributed by atoms with Crippen molar-refractivity contribution >= 4 is 11.6 Å². The lowest BCUT2D eigenvalue weighted by Gasteiger charge is -2.19. The molecular weight excluding hydrogens is 282 g/mol. The van der Waals surface area contributed by atoms with Crippen LogP contribution >= 0.6 is 11.6 Å². The van der Waals surface area contributed by atoms with Gasteiger partial charge in [0.15, 0.2) is 0 Å². The van der Waals surface area contributed by atoms with Crippen molar-refractivity contribution in [3.8, 4) is 5.75 Å². The van der Waals surface area contributed by atoms with E-state index in [0.717, 1.165) is 22.8 Å². The summed E-state index contributed by atoms with van der Waals surface area (Å²) < 4.78 is 5.44.